The van der Waals surface area contributed by atoms with Gasteiger partial charge in [0.25, 0.3) is 0 Å². The second-order valence-electron chi connectivity index (χ2n) is 4.15. The lowest BCUT2D eigenvalue weighted by molar-refractivity contribution is 0.297. The first-order valence-corrected chi connectivity index (χ1v) is 3.99. The van der Waals surface area contributed by atoms with E-state index in [4.69, 9.17) is 5.53 Å². The van der Waals surface area contributed by atoms with E-state index in [1.807, 2.05) is 0 Å². The summed E-state index contributed by atoms with van der Waals surface area (Å²) in [5, 5.41) is 3.58. The van der Waals surface area contributed by atoms with E-state index in [-0.39, 0.29) is 5.41 Å². The summed E-state index contributed by atoms with van der Waals surface area (Å²) < 4.78 is 0. The van der Waals surface area contributed by atoms with Crippen LogP contribution in [0.4, 0.5) is 0 Å². The monoisotopic (exact) mass is 155 g/mol. The molecule has 0 saturated carbocycles. The SMILES string of the molecule is CC(C)CC(C)(C)CN=[N+]=[N-]. The molecule has 0 amide bonds. The fourth-order valence-electron chi connectivity index (χ4n) is 1.39. The Hall–Kier alpha value is -0.690. The Morgan fingerprint density at radius 2 is 2.00 bits per heavy atom. The third-order valence-corrected chi connectivity index (χ3v) is 1.52. The lowest BCUT2D eigenvalue weighted by Crippen LogP contribution is -2.17. The Morgan fingerprint density at radius 1 is 1.45 bits per heavy atom. The highest BCUT2D eigenvalue weighted by Crippen LogP contribution is 2.25. The predicted octanol–water partition coefficient (Wildman–Crippen LogP) is 3.37. The Labute approximate surface area is 68.4 Å². The molecule has 0 aliphatic heterocycles. The first-order valence-electron chi connectivity index (χ1n) is 3.99. The highest BCUT2D eigenvalue weighted by Gasteiger charge is 2.17. The van der Waals surface area contributed by atoms with Crippen molar-refractivity contribution in [2.75, 3.05) is 6.54 Å². The minimum absolute atomic E-state index is 0.153. The van der Waals surface area contributed by atoms with Crippen LogP contribution in [-0.4, -0.2) is 6.54 Å². The molecule has 64 valence electrons. The second kappa shape index (κ2) is 4.24. The van der Waals surface area contributed by atoms with Crippen LogP contribution in [-0.2, 0) is 0 Å². The van der Waals surface area contributed by atoms with Crippen LogP contribution >= 0.6 is 0 Å². The number of hydrogen-bond acceptors (Lipinski definition) is 1. The van der Waals surface area contributed by atoms with Crippen molar-refractivity contribution in [2.24, 2.45) is 16.4 Å². The Morgan fingerprint density at radius 3 is 2.36 bits per heavy atom. The smallest absolute Gasteiger partial charge is 0.0309 e. The van der Waals surface area contributed by atoms with Gasteiger partial charge in [0.05, 0.1) is 0 Å². The van der Waals surface area contributed by atoms with Gasteiger partial charge in [-0.1, -0.05) is 32.8 Å². The minimum atomic E-state index is 0.153. The summed E-state index contributed by atoms with van der Waals surface area (Å²) in [6.45, 7) is 9.21. The molecule has 0 spiro atoms. The fraction of sp³-hybridized carbons (Fsp3) is 1.00. The largest absolute Gasteiger partial charge is 0.0934 e. The van der Waals surface area contributed by atoms with E-state index < -0.39 is 0 Å². The Bertz CT molecular complexity index is 155. The first kappa shape index (κ1) is 10.3. The van der Waals surface area contributed by atoms with E-state index >= 15 is 0 Å². The van der Waals surface area contributed by atoms with Gasteiger partial charge in [-0.15, -0.1) is 0 Å². The van der Waals surface area contributed by atoms with Crippen LogP contribution in [0, 0.1) is 11.3 Å². The molecule has 0 radical (unpaired) electrons. The van der Waals surface area contributed by atoms with E-state index in [1.165, 1.54) is 0 Å². The molecule has 0 N–H and O–H groups in total. The summed E-state index contributed by atoms with van der Waals surface area (Å²) in [4.78, 5) is 2.75. The predicted molar refractivity (Wildman–Crippen MR) is 47.2 cm³/mol. The van der Waals surface area contributed by atoms with Crippen LogP contribution in [0.2, 0.25) is 0 Å². The summed E-state index contributed by atoms with van der Waals surface area (Å²) in [5.74, 6) is 0.666. The van der Waals surface area contributed by atoms with E-state index in [0.717, 1.165) is 6.42 Å². The molecule has 0 rings (SSSR count). The van der Waals surface area contributed by atoms with Crippen LogP contribution in [0.3, 0.4) is 0 Å². The molecule has 0 aromatic rings. The van der Waals surface area contributed by atoms with Gasteiger partial charge in [-0.3, -0.25) is 0 Å². The molecule has 0 aliphatic carbocycles. The van der Waals surface area contributed by atoms with Gasteiger partial charge in [-0.05, 0) is 23.3 Å². The van der Waals surface area contributed by atoms with Crippen molar-refractivity contribution in [3.63, 3.8) is 0 Å². The zero-order chi connectivity index (χ0) is 8.91. The average Bonchev–Trinajstić information content (AvgIpc) is 1.81. The van der Waals surface area contributed by atoms with E-state index in [1.54, 1.807) is 0 Å². The van der Waals surface area contributed by atoms with Crippen LogP contribution in [0.25, 0.3) is 10.4 Å². The van der Waals surface area contributed by atoms with Crippen LogP contribution in [0.15, 0.2) is 5.11 Å². The summed E-state index contributed by atoms with van der Waals surface area (Å²) in [6, 6.07) is 0. The molecule has 0 aliphatic rings. The molecule has 11 heavy (non-hydrogen) atoms. The maximum atomic E-state index is 8.12. The third-order valence-electron chi connectivity index (χ3n) is 1.52. The lowest BCUT2D eigenvalue weighted by Gasteiger charge is -2.23. The maximum absolute atomic E-state index is 8.12. The molecule has 0 bridgehead atoms. The molecular formula is C8H17N3. The van der Waals surface area contributed by atoms with Crippen LogP contribution in [0.1, 0.15) is 34.1 Å². The molecule has 0 saturated heterocycles. The maximum Gasteiger partial charge on any atom is 0.0309 e. The van der Waals surface area contributed by atoms with Crippen molar-refractivity contribution in [3.05, 3.63) is 10.4 Å². The standard InChI is InChI=1S/C8H17N3/c1-7(2)5-8(3,4)6-10-11-9/h7H,5-6H2,1-4H3. The van der Waals surface area contributed by atoms with Crippen molar-refractivity contribution < 1.29 is 0 Å². The quantitative estimate of drug-likeness (QED) is 0.339. The summed E-state index contributed by atoms with van der Waals surface area (Å²) in [7, 11) is 0. The normalized spacial score (nSPS) is 11.4. The summed E-state index contributed by atoms with van der Waals surface area (Å²) in [5.41, 5.74) is 8.28. The number of hydrogen-bond donors (Lipinski definition) is 0. The highest BCUT2D eigenvalue weighted by atomic mass is 15.1. The van der Waals surface area contributed by atoms with Gasteiger partial charge in [0.15, 0.2) is 0 Å². The van der Waals surface area contributed by atoms with E-state index in [0.29, 0.717) is 12.5 Å². The van der Waals surface area contributed by atoms with Crippen molar-refractivity contribution in [1.82, 2.24) is 0 Å². The fourth-order valence-corrected chi connectivity index (χ4v) is 1.39. The first-order chi connectivity index (χ1) is 4.98. The van der Waals surface area contributed by atoms with Crippen molar-refractivity contribution >= 4 is 0 Å². The number of nitrogens with zero attached hydrogens (tertiary/aromatic N) is 3. The average molecular weight is 155 g/mol. The van der Waals surface area contributed by atoms with E-state index in [9.17, 15) is 0 Å². The van der Waals surface area contributed by atoms with Gasteiger partial charge in [0.2, 0.25) is 0 Å². The lowest BCUT2D eigenvalue weighted by atomic mass is 9.84. The zero-order valence-corrected chi connectivity index (χ0v) is 7.83. The topological polar surface area (TPSA) is 48.8 Å². The van der Waals surface area contributed by atoms with Crippen molar-refractivity contribution in [2.45, 2.75) is 34.1 Å². The zero-order valence-electron chi connectivity index (χ0n) is 7.83. The van der Waals surface area contributed by atoms with E-state index in [2.05, 4.69) is 37.7 Å². The van der Waals surface area contributed by atoms with Gasteiger partial charge in [-0.25, -0.2) is 0 Å². The number of azide groups is 1. The van der Waals surface area contributed by atoms with Gasteiger partial charge in [0.1, 0.15) is 0 Å². The molecule has 0 unspecified atom stereocenters. The molecule has 0 aromatic carbocycles. The van der Waals surface area contributed by atoms with Crippen molar-refractivity contribution in [1.29, 1.82) is 0 Å². The highest BCUT2D eigenvalue weighted by molar-refractivity contribution is 4.72. The van der Waals surface area contributed by atoms with Crippen LogP contribution < -0.4 is 0 Å². The number of rotatable bonds is 4. The van der Waals surface area contributed by atoms with Crippen LogP contribution in [0.5, 0.6) is 0 Å². The van der Waals surface area contributed by atoms with Gasteiger partial charge >= 0.3 is 0 Å². The second-order valence-corrected chi connectivity index (χ2v) is 4.15. The molecular weight excluding hydrogens is 138 g/mol. The third kappa shape index (κ3) is 5.74. The van der Waals surface area contributed by atoms with Gasteiger partial charge in [0, 0.05) is 11.5 Å². The molecule has 0 aromatic heterocycles. The summed E-state index contributed by atoms with van der Waals surface area (Å²) in [6.07, 6.45) is 1.10. The molecule has 3 heteroatoms. The summed E-state index contributed by atoms with van der Waals surface area (Å²) >= 11 is 0. The minimum Gasteiger partial charge on any atom is -0.0934 e. The molecule has 3 nitrogen and oxygen atoms in total. The Kier molecular flexibility index (Phi) is 3.98. The molecule has 0 atom stereocenters. The molecule has 0 heterocycles. The molecule has 0 fully saturated rings. The van der Waals surface area contributed by atoms with Crippen molar-refractivity contribution in [3.8, 4) is 0 Å². The van der Waals surface area contributed by atoms with Gasteiger partial charge in [-0.2, -0.15) is 0 Å². The van der Waals surface area contributed by atoms with Gasteiger partial charge < -0.3 is 0 Å². The Balaban J connectivity index is 3.88.